The van der Waals surface area contributed by atoms with Gasteiger partial charge in [-0.05, 0) is 31.4 Å². The van der Waals surface area contributed by atoms with E-state index >= 15 is 0 Å². The molecule has 0 bridgehead atoms. The Bertz CT molecular complexity index is 170. The molecular formula is C17H35ClS2. The summed E-state index contributed by atoms with van der Waals surface area (Å²) in [6.45, 7) is 4.59. The highest BCUT2D eigenvalue weighted by atomic mass is 35.5. The van der Waals surface area contributed by atoms with Crippen LogP contribution in [0.2, 0.25) is 0 Å². The average molecular weight is 339 g/mol. The molecule has 0 aromatic rings. The van der Waals surface area contributed by atoms with E-state index in [0.29, 0.717) is 0 Å². The summed E-state index contributed by atoms with van der Waals surface area (Å²) in [5.41, 5.74) is 0. The van der Waals surface area contributed by atoms with Crippen LogP contribution in [-0.4, -0.2) is 17.4 Å². The SMILES string of the molecule is CCCCCCC(CCCCCC)[C@@H](CCCl)SSC. The number of halogens is 1. The van der Waals surface area contributed by atoms with Gasteiger partial charge in [0.2, 0.25) is 0 Å². The molecule has 0 nitrogen and oxygen atoms in total. The molecule has 0 aromatic heterocycles. The zero-order chi connectivity index (χ0) is 15.1. The summed E-state index contributed by atoms with van der Waals surface area (Å²) in [4.78, 5) is 0. The first kappa shape index (κ1) is 21.0. The third-order valence-corrected chi connectivity index (χ3v) is 6.59. The summed E-state index contributed by atoms with van der Waals surface area (Å²) in [5, 5.41) is 0.769. The van der Waals surface area contributed by atoms with Gasteiger partial charge in [0, 0.05) is 11.1 Å². The summed E-state index contributed by atoms with van der Waals surface area (Å²) in [6.07, 6.45) is 17.4. The van der Waals surface area contributed by atoms with Crippen molar-refractivity contribution in [3.05, 3.63) is 0 Å². The lowest BCUT2D eigenvalue weighted by molar-refractivity contribution is 0.390. The lowest BCUT2D eigenvalue weighted by atomic mass is 9.90. The zero-order valence-electron chi connectivity index (χ0n) is 13.8. The van der Waals surface area contributed by atoms with Crippen molar-refractivity contribution >= 4 is 33.2 Å². The predicted octanol–water partition coefficient (Wildman–Crippen LogP) is 7.55. The van der Waals surface area contributed by atoms with Crippen molar-refractivity contribution in [2.24, 2.45) is 5.92 Å². The van der Waals surface area contributed by atoms with Crippen LogP contribution in [-0.2, 0) is 0 Å². The van der Waals surface area contributed by atoms with Crippen LogP contribution in [0.5, 0.6) is 0 Å². The Kier molecular flexibility index (Phi) is 17.2. The minimum Gasteiger partial charge on any atom is -0.127 e. The van der Waals surface area contributed by atoms with Gasteiger partial charge in [-0.15, -0.1) is 11.6 Å². The first-order valence-electron chi connectivity index (χ1n) is 8.55. The highest BCUT2D eigenvalue weighted by Gasteiger charge is 2.20. The molecule has 0 unspecified atom stereocenters. The van der Waals surface area contributed by atoms with Gasteiger partial charge in [-0.1, -0.05) is 86.8 Å². The third kappa shape index (κ3) is 11.6. The highest BCUT2D eigenvalue weighted by molar-refractivity contribution is 8.76. The lowest BCUT2D eigenvalue weighted by Crippen LogP contribution is -2.18. The number of hydrogen-bond donors (Lipinski definition) is 0. The lowest BCUT2D eigenvalue weighted by Gasteiger charge is -2.26. The van der Waals surface area contributed by atoms with Crippen LogP contribution in [0.3, 0.4) is 0 Å². The first-order valence-corrected chi connectivity index (χ1v) is 11.7. The van der Waals surface area contributed by atoms with Gasteiger partial charge in [0.15, 0.2) is 0 Å². The van der Waals surface area contributed by atoms with Gasteiger partial charge in [-0.25, -0.2) is 0 Å². The van der Waals surface area contributed by atoms with E-state index in [0.717, 1.165) is 17.0 Å². The maximum atomic E-state index is 6.02. The van der Waals surface area contributed by atoms with E-state index < -0.39 is 0 Å². The fraction of sp³-hybridized carbons (Fsp3) is 1.00. The average Bonchev–Trinajstić information content (AvgIpc) is 2.45. The van der Waals surface area contributed by atoms with Crippen molar-refractivity contribution in [3.8, 4) is 0 Å². The number of rotatable bonds is 15. The van der Waals surface area contributed by atoms with E-state index in [1.54, 1.807) is 0 Å². The van der Waals surface area contributed by atoms with Crippen molar-refractivity contribution in [2.45, 2.75) is 89.7 Å². The monoisotopic (exact) mass is 338 g/mol. The molecule has 0 fully saturated rings. The van der Waals surface area contributed by atoms with Gasteiger partial charge in [-0.2, -0.15) is 0 Å². The number of alkyl halides is 1. The molecule has 0 amide bonds. The van der Waals surface area contributed by atoms with Crippen molar-refractivity contribution in [1.29, 1.82) is 0 Å². The summed E-state index contributed by atoms with van der Waals surface area (Å²) in [5.74, 6) is 1.71. The normalized spacial score (nSPS) is 13.1. The Hall–Kier alpha value is 0.990. The van der Waals surface area contributed by atoms with E-state index in [-0.39, 0.29) is 0 Å². The van der Waals surface area contributed by atoms with Gasteiger partial charge in [-0.3, -0.25) is 0 Å². The van der Waals surface area contributed by atoms with E-state index in [1.165, 1.54) is 70.6 Å². The van der Waals surface area contributed by atoms with Crippen molar-refractivity contribution in [3.63, 3.8) is 0 Å². The molecule has 20 heavy (non-hydrogen) atoms. The van der Waals surface area contributed by atoms with Gasteiger partial charge in [0.1, 0.15) is 0 Å². The van der Waals surface area contributed by atoms with Crippen LogP contribution >= 0.6 is 33.2 Å². The zero-order valence-corrected chi connectivity index (χ0v) is 16.2. The minimum atomic E-state index is 0.769. The molecule has 122 valence electrons. The Balaban J connectivity index is 4.17. The number of unbranched alkanes of at least 4 members (excludes halogenated alkanes) is 6. The minimum absolute atomic E-state index is 0.769. The molecule has 0 aromatic carbocycles. The van der Waals surface area contributed by atoms with Crippen molar-refractivity contribution in [2.75, 3.05) is 12.1 Å². The van der Waals surface area contributed by atoms with Crippen LogP contribution in [0.25, 0.3) is 0 Å². The molecule has 0 N–H and O–H groups in total. The molecule has 0 aliphatic heterocycles. The van der Waals surface area contributed by atoms with E-state index in [4.69, 9.17) is 11.6 Å². The fourth-order valence-electron chi connectivity index (χ4n) is 2.78. The molecule has 0 spiro atoms. The summed E-state index contributed by atoms with van der Waals surface area (Å²) >= 11 is 6.02. The van der Waals surface area contributed by atoms with Crippen molar-refractivity contribution < 1.29 is 0 Å². The fourth-order valence-corrected chi connectivity index (χ4v) is 5.53. The molecule has 0 aliphatic carbocycles. The Labute approximate surface area is 141 Å². The van der Waals surface area contributed by atoms with Crippen LogP contribution in [0, 0.1) is 5.92 Å². The van der Waals surface area contributed by atoms with Gasteiger partial charge >= 0.3 is 0 Å². The molecule has 0 radical (unpaired) electrons. The van der Waals surface area contributed by atoms with Crippen LogP contribution < -0.4 is 0 Å². The maximum Gasteiger partial charge on any atom is 0.0234 e. The summed E-state index contributed by atoms with van der Waals surface area (Å²) < 4.78 is 0. The molecule has 0 aliphatic rings. The Morgan fingerprint density at radius 3 is 1.75 bits per heavy atom. The molecular weight excluding hydrogens is 304 g/mol. The van der Waals surface area contributed by atoms with Crippen molar-refractivity contribution in [1.82, 2.24) is 0 Å². The molecule has 0 saturated carbocycles. The van der Waals surface area contributed by atoms with E-state index in [1.807, 2.05) is 10.8 Å². The van der Waals surface area contributed by atoms with Gasteiger partial charge in [0.25, 0.3) is 0 Å². The largest absolute Gasteiger partial charge is 0.127 e. The summed E-state index contributed by atoms with van der Waals surface area (Å²) in [6, 6.07) is 0. The molecule has 0 rings (SSSR count). The summed E-state index contributed by atoms with van der Waals surface area (Å²) in [7, 11) is 3.99. The molecule has 0 saturated heterocycles. The van der Waals surface area contributed by atoms with Crippen LogP contribution in [0.1, 0.15) is 84.5 Å². The van der Waals surface area contributed by atoms with Crippen LogP contribution in [0.4, 0.5) is 0 Å². The standard InChI is InChI=1S/C17H35ClS2/c1-4-6-8-10-12-16(13-11-9-7-5-2)17(14-15-18)20-19-3/h16-17H,4-15H2,1-3H3/t17-/m1/s1. The van der Waals surface area contributed by atoms with E-state index in [9.17, 15) is 0 Å². The maximum absolute atomic E-state index is 6.02. The molecule has 3 heteroatoms. The highest BCUT2D eigenvalue weighted by Crippen LogP contribution is 2.36. The second-order valence-electron chi connectivity index (χ2n) is 5.74. The second-order valence-corrected chi connectivity index (χ2v) is 8.82. The van der Waals surface area contributed by atoms with Gasteiger partial charge in [0.05, 0.1) is 0 Å². The molecule has 0 heterocycles. The van der Waals surface area contributed by atoms with Gasteiger partial charge < -0.3 is 0 Å². The third-order valence-electron chi connectivity index (χ3n) is 4.00. The first-order chi connectivity index (χ1) is 9.79. The smallest absolute Gasteiger partial charge is 0.0234 e. The predicted molar refractivity (Wildman–Crippen MR) is 101 cm³/mol. The quantitative estimate of drug-likeness (QED) is 0.172. The topological polar surface area (TPSA) is 0 Å². The number of hydrogen-bond acceptors (Lipinski definition) is 2. The Morgan fingerprint density at radius 2 is 1.35 bits per heavy atom. The second kappa shape index (κ2) is 16.4. The molecule has 1 atom stereocenters. The van der Waals surface area contributed by atoms with Crippen LogP contribution in [0.15, 0.2) is 0 Å². The van der Waals surface area contributed by atoms with E-state index in [2.05, 4.69) is 30.9 Å². The Morgan fingerprint density at radius 1 is 0.800 bits per heavy atom.